The lowest BCUT2D eigenvalue weighted by molar-refractivity contribution is -0.119. The summed E-state index contributed by atoms with van der Waals surface area (Å²) in [6, 6.07) is 7.53. The number of amides is 2. The maximum Gasteiger partial charge on any atom is 0.407 e. The number of sulfonamides is 1. The van der Waals surface area contributed by atoms with Crippen molar-refractivity contribution in [1.82, 2.24) is 10.0 Å². The van der Waals surface area contributed by atoms with Crippen molar-refractivity contribution < 1.29 is 22.7 Å². The van der Waals surface area contributed by atoms with Crippen LogP contribution < -0.4 is 10.0 Å². The second-order valence-electron chi connectivity index (χ2n) is 5.60. The van der Waals surface area contributed by atoms with Gasteiger partial charge in [-0.25, -0.2) is 17.9 Å². The predicted octanol–water partition coefficient (Wildman–Crippen LogP) is 1.41. The van der Waals surface area contributed by atoms with Gasteiger partial charge in [-0.05, 0) is 32.9 Å². The van der Waals surface area contributed by atoms with E-state index in [1.54, 1.807) is 39.0 Å². The van der Waals surface area contributed by atoms with Gasteiger partial charge in [-0.3, -0.25) is 4.79 Å². The van der Waals surface area contributed by atoms with Crippen molar-refractivity contribution in [2.45, 2.75) is 37.6 Å². The Morgan fingerprint density at radius 1 is 1.14 bits per heavy atom. The summed E-state index contributed by atoms with van der Waals surface area (Å²) in [6.45, 7) is 5.15. The maximum atomic E-state index is 11.9. The summed E-state index contributed by atoms with van der Waals surface area (Å²) < 4.78 is 30.5. The molecule has 7 nitrogen and oxygen atoms in total. The molecule has 2 N–H and O–H groups in total. The minimum absolute atomic E-state index is 0.00487. The molecule has 1 aromatic rings. The van der Waals surface area contributed by atoms with Crippen molar-refractivity contribution in [3.63, 3.8) is 0 Å². The van der Waals surface area contributed by atoms with E-state index in [4.69, 9.17) is 4.74 Å². The molecule has 0 spiro atoms. The maximum absolute atomic E-state index is 11.9. The van der Waals surface area contributed by atoms with Gasteiger partial charge in [0.25, 0.3) is 10.0 Å². The van der Waals surface area contributed by atoms with Gasteiger partial charge in [0.15, 0.2) is 0 Å². The average Bonchev–Trinajstić information content (AvgIpc) is 2.37. The van der Waals surface area contributed by atoms with Crippen LogP contribution in [0.5, 0.6) is 0 Å². The number of hydrogen-bond donors (Lipinski definition) is 2. The molecule has 22 heavy (non-hydrogen) atoms. The molecular weight excluding hydrogens is 308 g/mol. The van der Waals surface area contributed by atoms with Gasteiger partial charge in [0, 0.05) is 5.54 Å². The molecule has 0 bridgehead atoms. The Morgan fingerprint density at radius 2 is 1.73 bits per heavy atom. The van der Waals surface area contributed by atoms with Crippen LogP contribution in [0.25, 0.3) is 0 Å². The number of carbonyl (C=O) groups is 2. The molecule has 0 aliphatic rings. The Kier molecular flexibility index (Phi) is 5.92. The van der Waals surface area contributed by atoms with Gasteiger partial charge in [-0.1, -0.05) is 18.2 Å². The van der Waals surface area contributed by atoms with Crippen molar-refractivity contribution in [1.29, 1.82) is 0 Å². The quantitative estimate of drug-likeness (QED) is 0.851. The molecule has 0 atom stereocenters. The van der Waals surface area contributed by atoms with Gasteiger partial charge in [0.1, 0.15) is 6.61 Å². The summed E-state index contributed by atoms with van der Waals surface area (Å²) in [5, 5.41) is 2.56. The molecule has 2 amide bonds. The molecule has 0 aromatic heterocycles. The van der Waals surface area contributed by atoms with E-state index >= 15 is 0 Å². The van der Waals surface area contributed by atoms with Crippen LogP contribution in [0.3, 0.4) is 0 Å². The highest BCUT2D eigenvalue weighted by Gasteiger charge is 2.18. The van der Waals surface area contributed by atoms with Crippen LogP contribution in [-0.4, -0.2) is 32.6 Å². The average molecular weight is 328 g/mol. The summed E-state index contributed by atoms with van der Waals surface area (Å²) in [5.41, 5.74) is -0.448. The second kappa shape index (κ2) is 7.26. The lowest BCUT2D eigenvalue weighted by atomic mass is 10.1. The molecule has 1 rings (SSSR count). The fourth-order valence-corrected chi connectivity index (χ4v) is 2.47. The van der Waals surface area contributed by atoms with Crippen LogP contribution >= 0.6 is 0 Å². The Balaban J connectivity index is 2.43. The number of hydrogen-bond acceptors (Lipinski definition) is 5. The Morgan fingerprint density at radius 3 is 2.27 bits per heavy atom. The molecule has 0 saturated heterocycles. The number of alkyl carbamates (subject to hydrolysis) is 1. The van der Waals surface area contributed by atoms with E-state index in [2.05, 4.69) is 5.32 Å². The van der Waals surface area contributed by atoms with Gasteiger partial charge in [-0.2, -0.15) is 0 Å². The van der Waals surface area contributed by atoms with E-state index in [1.807, 2.05) is 4.72 Å². The summed E-state index contributed by atoms with van der Waals surface area (Å²) in [6.07, 6.45) is -0.907. The SMILES string of the molecule is CC(C)(C)NC(=O)OCCC(=O)NS(=O)(=O)c1ccccc1. The van der Waals surface area contributed by atoms with Crippen molar-refractivity contribution in [3.8, 4) is 0 Å². The van der Waals surface area contributed by atoms with Crippen LogP contribution in [0.15, 0.2) is 35.2 Å². The zero-order chi connectivity index (χ0) is 16.8. The fraction of sp³-hybridized carbons (Fsp3) is 0.429. The van der Waals surface area contributed by atoms with Crippen LogP contribution in [0.4, 0.5) is 4.79 Å². The van der Waals surface area contributed by atoms with Gasteiger partial charge >= 0.3 is 6.09 Å². The molecule has 0 saturated carbocycles. The van der Waals surface area contributed by atoms with Crippen LogP contribution in [0, 0.1) is 0 Å². The third kappa shape index (κ3) is 6.57. The van der Waals surface area contributed by atoms with Crippen molar-refractivity contribution in [3.05, 3.63) is 30.3 Å². The van der Waals surface area contributed by atoms with E-state index in [-0.39, 0.29) is 17.9 Å². The molecule has 0 aliphatic heterocycles. The third-order valence-corrected chi connectivity index (χ3v) is 3.73. The number of rotatable bonds is 5. The van der Waals surface area contributed by atoms with Crippen molar-refractivity contribution in [2.75, 3.05) is 6.61 Å². The van der Waals surface area contributed by atoms with Gasteiger partial charge in [0.2, 0.25) is 5.91 Å². The first kappa shape index (κ1) is 18.0. The number of benzene rings is 1. The minimum Gasteiger partial charge on any atom is -0.449 e. The monoisotopic (exact) mass is 328 g/mol. The van der Waals surface area contributed by atoms with E-state index in [1.165, 1.54) is 12.1 Å². The van der Waals surface area contributed by atoms with Crippen LogP contribution in [-0.2, 0) is 19.6 Å². The van der Waals surface area contributed by atoms with E-state index in [9.17, 15) is 18.0 Å². The van der Waals surface area contributed by atoms with Crippen molar-refractivity contribution >= 4 is 22.0 Å². The largest absolute Gasteiger partial charge is 0.449 e. The fourth-order valence-electron chi connectivity index (χ4n) is 1.44. The third-order valence-electron chi connectivity index (χ3n) is 2.34. The molecule has 1 aromatic carbocycles. The highest BCUT2D eigenvalue weighted by Crippen LogP contribution is 2.07. The van der Waals surface area contributed by atoms with Gasteiger partial charge < -0.3 is 10.1 Å². The lowest BCUT2D eigenvalue weighted by Gasteiger charge is -2.19. The second-order valence-corrected chi connectivity index (χ2v) is 7.29. The Hall–Kier alpha value is -2.09. The first-order valence-corrected chi connectivity index (χ1v) is 8.14. The Labute approximate surface area is 130 Å². The molecule has 0 fully saturated rings. The molecule has 122 valence electrons. The summed E-state index contributed by atoms with van der Waals surface area (Å²) >= 11 is 0. The highest BCUT2D eigenvalue weighted by molar-refractivity contribution is 7.90. The predicted molar refractivity (Wildman–Crippen MR) is 80.6 cm³/mol. The van der Waals surface area contributed by atoms with E-state index in [0.717, 1.165) is 0 Å². The topological polar surface area (TPSA) is 102 Å². The first-order valence-electron chi connectivity index (χ1n) is 6.66. The van der Waals surface area contributed by atoms with Gasteiger partial charge in [0.05, 0.1) is 11.3 Å². The Bertz CT molecular complexity index is 620. The van der Waals surface area contributed by atoms with Crippen LogP contribution in [0.2, 0.25) is 0 Å². The summed E-state index contributed by atoms with van der Waals surface area (Å²) in [7, 11) is -3.89. The number of carbonyl (C=O) groups excluding carboxylic acids is 2. The normalized spacial score (nSPS) is 11.6. The highest BCUT2D eigenvalue weighted by atomic mass is 32.2. The number of ether oxygens (including phenoxy) is 1. The lowest BCUT2D eigenvalue weighted by Crippen LogP contribution is -2.41. The molecular formula is C14H20N2O5S. The summed E-state index contributed by atoms with van der Waals surface area (Å²) in [5.74, 6) is -0.743. The molecule has 0 aliphatic carbocycles. The first-order chi connectivity index (χ1) is 10.1. The molecule has 8 heteroatoms. The standard InChI is InChI=1S/C14H20N2O5S/c1-14(2,3)15-13(18)21-10-9-12(17)16-22(19,20)11-7-5-4-6-8-11/h4-8H,9-10H2,1-3H3,(H,15,18)(H,16,17). The summed E-state index contributed by atoms with van der Waals surface area (Å²) in [4.78, 5) is 23.0. The van der Waals surface area contributed by atoms with E-state index in [0.29, 0.717) is 0 Å². The zero-order valence-electron chi connectivity index (χ0n) is 12.8. The number of nitrogens with one attached hydrogen (secondary N) is 2. The minimum atomic E-state index is -3.89. The molecule has 0 unspecified atom stereocenters. The van der Waals surface area contributed by atoms with E-state index < -0.39 is 27.6 Å². The molecule has 0 heterocycles. The zero-order valence-corrected chi connectivity index (χ0v) is 13.6. The van der Waals surface area contributed by atoms with Crippen LogP contribution in [0.1, 0.15) is 27.2 Å². The smallest absolute Gasteiger partial charge is 0.407 e. The van der Waals surface area contributed by atoms with Crippen molar-refractivity contribution in [2.24, 2.45) is 0 Å². The molecule has 0 radical (unpaired) electrons. The van der Waals surface area contributed by atoms with Gasteiger partial charge in [-0.15, -0.1) is 0 Å².